The van der Waals surface area contributed by atoms with Gasteiger partial charge in [0.1, 0.15) is 5.60 Å². The first-order valence-electron chi connectivity index (χ1n) is 7.18. The number of carbonyl (C=O) groups excluding carboxylic acids is 1. The minimum absolute atomic E-state index is 0.329. The quantitative estimate of drug-likeness (QED) is 0.789. The smallest absolute Gasteiger partial charge is 0.407 e. The van der Waals surface area contributed by atoms with Crippen molar-refractivity contribution in [2.45, 2.75) is 52.2 Å². The topological polar surface area (TPSA) is 50.4 Å². The predicted molar refractivity (Wildman–Crippen MR) is 81.8 cm³/mol. The molecular formula is C14H28N2O2S. The van der Waals surface area contributed by atoms with E-state index in [-0.39, 0.29) is 6.09 Å². The Hall–Kier alpha value is -0.420. The highest BCUT2D eigenvalue weighted by Gasteiger charge is 2.19. The molecule has 1 fully saturated rings. The minimum atomic E-state index is -0.430. The van der Waals surface area contributed by atoms with E-state index in [0.717, 1.165) is 18.9 Å². The second-order valence-corrected chi connectivity index (χ2v) is 7.28. The first-order valence-corrected chi connectivity index (χ1v) is 8.34. The number of hydrogen-bond acceptors (Lipinski definition) is 4. The number of alkyl carbamates (subject to hydrolysis) is 1. The van der Waals surface area contributed by atoms with Gasteiger partial charge in [-0.05, 0) is 57.6 Å². The highest BCUT2D eigenvalue weighted by Crippen LogP contribution is 2.22. The molecule has 0 aliphatic carbocycles. The molecule has 1 aliphatic heterocycles. The molecule has 1 heterocycles. The maximum atomic E-state index is 11.6. The second-order valence-electron chi connectivity index (χ2n) is 6.13. The maximum absolute atomic E-state index is 11.6. The van der Waals surface area contributed by atoms with E-state index >= 15 is 0 Å². The van der Waals surface area contributed by atoms with Crippen molar-refractivity contribution in [2.24, 2.45) is 5.92 Å². The molecule has 1 rings (SSSR count). The molecular weight excluding hydrogens is 260 g/mol. The average Bonchev–Trinajstić information content (AvgIpc) is 2.80. The molecule has 0 aromatic heterocycles. The van der Waals surface area contributed by atoms with Crippen LogP contribution in [0.3, 0.4) is 0 Å². The van der Waals surface area contributed by atoms with E-state index < -0.39 is 5.60 Å². The molecule has 0 spiro atoms. The fourth-order valence-electron chi connectivity index (χ4n) is 1.96. The Bertz CT molecular complexity index is 273. The van der Waals surface area contributed by atoms with Gasteiger partial charge in [-0.1, -0.05) is 6.92 Å². The summed E-state index contributed by atoms with van der Waals surface area (Å²) in [4.78, 5) is 11.6. The van der Waals surface area contributed by atoms with Crippen LogP contribution in [0.5, 0.6) is 0 Å². The average molecular weight is 288 g/mol. The summed E-state index contributed by atoms with van der Waals surface area (Å²) in [7, 11) is 0. The molecule has 0 saturated carbocycles. The maximum Gasteiger partial charge on any atom is 0.407 e. The van der Waals surface area contributed by atoms with Crippen LogP contribution in [0, 0.1) is 5.92 Å². The van der Waals surface area contributed by atoms with Gasteiger partial charge >= 0.3 is 6.09 Å². The molecule has 2 unspecified atom stereocenters. The number of rotatable bonds is 6. The van der Waals surface area contributed by atoms with Gasteiger partial charge in [0.05, 0.1) is 0 Å². The molecule has 4 nitrogen and oxygen atoms in total. The highest BCUT2D eigenvalue weighted by atomic mass is 32.2. The van der Waals surface area contributed by atoms with Crippen molar-refractivity contribution < 1.29 is 9.53 Å². The van der Waals surface area contributed by atoms with E-state index in [0.29, 0.717) is 12.6 Å². The summed E-state index contributed by atoms with van der Waals surface area (Å²) in [6.45, 7) is 9.45. The standard InChI is InChI=1S/C14H28N2O2S/c1-5-12(15-8-11-6-7-19-10-11)9-16-13(17)18-14(2,3)4/h11-12,15H,5-10H2,1-4H3,(H,16,17). The van der Waals surface area contributed by atoms with Crippen molar-refractivity contribution in [1.82, 2.24) is 10.6 Å². The Morgan fingerprint density at radius 3 is 2.74 bits per heavy atom. The van der Waals surface area contributed by atoms with Crippen LogP contribution in [0.15, 0.2) is 0 Å². The summed E-state index contributed by atoms with van der Waals surface area (Å²) in [5.41, 5.74) is -0.430. The summed E-state index contributed by atoms with van der Waals surface area (Å²) in [6, 6.07) is 0.332. The third-order valence-electron chi connectivity index (χ3n) is 3.10. The van der Waals surface area contributed by atoms with E-state index in [1.54, 1.807) is 0 Å². The van der Waals surface area contributed by atoms with E-state index in [2.05, 4.69) is 17.6 Å². The normalized spacial score (nSPS) is 21.2. The van der Waals surface area contributed by atoms with E-state index in [1.165, 1.54) is 17.9 Å². The van der Waals surface area contributed by atoms with Gasteiger partial charge < -0.3 is 15.4 Å². The van der Waals surface area contributed by atoms with Crippen LogP contribution in [0.1, 0.15) is 40.5 Å². The van der Waals surface area contributed by atoms with E-state index in [1.807, 2.05) is 32.5 Å². The van der Waals surface area contributed by atoms with Gasteiger partial charge in [0.2, 0.25) is 0 Å². The fourth-order valence-corrected chi connectivity index (χ4v) is 3.24. The lowest BCUT2D eigenvalue weighted by molar-refractivity contribution is 0.0522. The summed E-state index contributed by atoms with van der Waals surface area (Å²) >= 11 is 2.04. The molecule has 19 heavy (non-hydrogen) atoms. The Labute approximate surface area is 121 Å². The molecule has 1 saturated heterocycles. The van der Waals surface area contributed by atoms with Crippen molar-refractivity contribution in [3.05, 3.63) is 0 Å². The Morgan fingerprint density at radius 2 is 2.21 bits per heavy atom. The summed E-state index contributed by atoms with van der Waals surface area (Å²) in [5, 5.41) is 6.38. The Morgan fingerprint density at radius 1 is 1.47 bits per heavy atom. The lowest BCUT2D eigenvalue weighted by atomic mass is 10.1. The monoisotopic (exact) mass is 288 g/mol. The largest absolute Gasteiger partial charge is 0.444 e. The lowest BCUT2D eigenvalue weighted by Gasteiger charge is -2.23. The van der Waals surface area contributed by atoms with Crippen LogP contribution in [-0.4, -0.2) is 42.3 Å². The first kappa shape index (κ1) is 16.6. The number of carbonyl (C=O) groups is 1. The zero-order chi connectivity index (χ0) is 14.3. The zero-order valence-corrected chi connectivity index (χ0v) is 13.4. The number of nitrogens with one attached hydrogen (secondary N) is 2. The van der Waals surface area contributed by atoms with Crippen LogP contribution in [0.2, 0.25) is 0 Å². The predicted octanol–water partition coefficient (Wildman–Crippen LogP) is 2.63. The van der Waals surface area contributed by atoms with Gasteiger partial charge in [0.25, 0.3) is 0 Å². The van der Waals surface area contributed by atoms with Gasteiger partial charge in [-0.15, -0.1) is 0 Å². The van der Waals surface area contributed by atoms with Crippen molar-refractivity contribution in [3.8, 4) is 0 Å². The van der Waals surface area contributed by atoms with Crippen molar-refractivity contribution in [1.29, 1.82) is 0 Å². The third kappa shape index (κ3) is 7.67. The molecule has 0 aromatic carbocycles. The van der Waals surface area contributed by atoms with Crippen LogP contribution >= 0.6 is 11.8 Å². The molecule has 112 valence electrons. The molecule has 1 aliphatic rings. The summed E-state index contributed by atoms with van der Waals surface area (Å²) in [6.07, 6.45) is 1.99. The third-order valence-corrected chi connectivity index (χ3v) is 4.34. The summed E-state index contributed by atoms with van der Waals surface area (Å²) in [5.74, 6) is 3.35. The zero-order valence-electron chi connectivity index (χ0n) is 12.6. The lowest BCUT2D eigenvalue weighted by Crippen LogP contribution is -2.43. The molecule has 0 bridgehead atoms. The molecule has 1 amide bonds. The fraction of sp³-hybridized carbons (Fsp3) is 0.929. The van der Waals surface area contributed by atoms with E-state index in [4.69, 9.17) is 4.74 Å². The van der Waals surface area contributed by atoms with E-state index in [9.17, 15) is 4.79 Å². The minimum Gasteiger partial charge on any atom is -0.444 e. The van der Waals surface area contributed by atoms with Gasteiger partial charge in [0.15, 0.2) is 0 Å². The van der Waals surface area contributed by atoms with Gasteiger partial charge in [-0.3, -0.25) is 0 Å². The highest BCUT2D eigenvalue weighted by molar-refractivity contribution is 7.99. The molecule has 2 N–H and O–H groups in total. The van der Waals surface area contributed by atoms with Crippen LogP contribution in [0.25, 0.3) is 0 Å². The van der Waals surface area contributed by atoms with Gasteiger partial charge in [-0.2, -0.15) is 11.8 Å². The van der Waals surface area contributed by atoms with Crippen LogP contribution in [-0.2, 0) is 4.74 Å². The second kappa shape index (κ2) is 8.00. The van der Waals surface area contributed by atoms with Crippen molar-refractivity contribution in [2.75, 3.05) is 24.6 Å². The number of thioether (sulfide) groups is 1. The van der Waals surface area contributed by atoms with Crippen molar-refractivity contribution >= 4 is 17.9 Å². The van der Waals surface area contributed by atoms with Crippen LogP contribution in [0.4, 0.5) is 4.79 Å². The number of hydrogen-bond donors (Lipinski definition) is 2. The first-order chi connectivity index (χ1) is 8.90. The molecule has 0 aromatic rings. The summed E-state index contributed by atoms with van der Waals surface area (Å²) < 4.78 is 5.23. The molecule has 0 radical (unpaired) electrons. The number of amides is 1. The Balaban J connectivity index is 2.18. The van der Waals surface area contributed by atoms with Crippen LogP contribution < -0.4 is 10.6 Å². The van der Waals surface area contributed by atoms with Gasteiger partial charge in [0, 0.05) is 12.6 Å². The SMILES string of the molecule is CCC(CNC(=O)OC(C)(C)C)NCC1CCSC1. The molecule has 2 atom stereocenters. The van der Waals surface area contributed by atoms with Crippen molar-refractivity contribution in [3.63, 3.8) is 0 Å². The molecule has 5 heteroatoms. The van der Waals surface area contributed by atoms with Gasteiger partial charge in [-0.25, -0.2) is 4.79 Å². The Kier molecular flexibility index (Phi) is 7.00. The number of ether oxygens (including phenoxy) is 1.